The fourth-order valence-corrected chi connectivity index (χ4v) is 6.58. The van der Waals surface area contributed by atoms with Crippen LogP contribution in [-0.4, -0.2) is 98.3 Å². The zero-order valence-corrected chi connectivity index (χ0v) is 31.8. The van der Waals surface area contributed by atoms with Crippen molar-refractivity contribution in [1.29, 1.82) is 0 Å². The lowest BCUT2D eigenvalue weighted by Gasteiger charge is -2.41. The summed E-state index contributed by atoms with van der Waals surface area (Å²) in [6.07, 6.45) is 14.3. The highest BCUT2D eigenvalue weighted by atomic mass is 31.2. The van der Waals surface area contributed by atoms with E-state index in [4.69, 9.17) is 18.5 Å². The molecular weight excluding hydrogens is 683 g/mol. The topological polar surface area (TPSA) is 210 Å². The first-order valence-electron chi connectivity index (χ1n) is 19.1. The molecule has 6 unspecified atom stereocenters. The lowest BCUT2D eigenvalue weighted by atomic mass is 9.85. The van der Waals surface area contributed by atoms with Gasteiger partial charge in [0.15, 0.2) is 6.10 Å². The largest absolute Gasteiger partial charge is 0.472 e. The van der Waals surface area contributed by atoms with Crippen molar-refractivity contribution in [2.45, 2.75) is 185 Å². The van der Waals surface area contributed by atoms with Crippen LogP contribution < -0.4 is 0 Å². The van der Waals surface area contributed by atoms with E-state index in [9.17, 15) is 44.6 Å². The first-order valence-corrected chi connectivity index (χ1v) is 20.6. The van der Waals surface area contributed by atoms with Crippen molar-refractivity contribution in [2.75, 3.05) is 13.2 Å². The number of ether oxygens (including phenoxy) is 2. The minimum atomic E-state index is -5.10. The maximum absolute atomic E-state index is 12.7. The number of phosphoric acid groups is 1. The van der Waals surface area contributed by atoms with Gasteiger partial charge in [0.2, 0.25) is 0 Å². The van der Waals surface area contributed by atoms with Crippen LogP contribution in [0.4, 0.5) is 0 Å². The van der Waals surface area contributed by atoms with Gasteiger partial charge in [-0.05, 0) is 44.9 Å². The zero-order chi connectivity index (χ0) is 37.9. The maximum Gasteiger partial charge on any atom is 0.472 e. The Morgan fingerprint density at radius 2 is 1.06 bits per heavy atom. The molecule has 0 spiro atoms. The van der Waals surface area contributed by atoms with Crippen molar-refractivity contribution in [3.05, 3.63) is 24.3 Å². The highest BCUT2D eigenvalue weighted by Gasteiger charge is 2.51. The second kappa shape index (κ2) is 28.8. The fraction of sp³-hybridized carbons (Fsp3) is 0.838. The van der Waals surface area contributed by atoms with E-state index >= 15 is 0 Å². The third-order valence-electron chi connectivity index (χ3n) is 8.80. The summed E-state index contributed by atoms with van der Waals surface area (Å²) in [6, 6.07) is 0. The molecule has 1 rings (SSSR count). The number of carbonyl (C=O) groups excluding carboxylic acids is 2. The third kappa shape index (κ3) is 22.2. The summed E-state index contributed by atoms with van der Waals surface area (Å²) in [5.41, 5.74) is 0. The predicted octanol–water partition coefficient (Wildman–Crippen LogP) is 5.72. The molecule has 0 aromatic rings. The smallest absolute Gasteiger partial charge is 0.462 e. The number of carbonyl (C=O) groups is 2. The summed E-state index contributed by atoms with van der Waals surface area (Å²) in [6.45, 7) is 3.16. The van der Waals surface area contributed by atoms with Crippen molar-refractivity contribution in [3.63, 3.8) is 0 Å². The van der Waals surface area contributed by atoms with E-state index in [0.29, 0.717) is 12.8 Å². The Balaban J connectivity index is 2.51. The van der Waals surface area contributed by atoms with Crippen molar-refractivity contribution in [2.24, 2.45) is 0 Å². The summed E-state index contributed by atoms with van der Waals surface area (Å²) < 4.78 is 33.2. The summed E-state index contributed by atoms with van der Waals surface area (Å²) in [7, 11) is -5.10. The van der Waals surface area contributed by atoms with Crippen LogP contribution in [0.2, 0.25) is 0 Å². The number of aliphatic hydroxyl groups is 5. The number of phosphoric ester groups is 1. The molecule has 0 aromatic carbocycles. The molecule has 0 heterocycles. The second-order valence-corrected chi connectivity index (χ2v) is 14.8. The van der Waals surface area contributed by atoms with Gasteiger partial charge in [-0.1, -0.05) is 109 Å². The van der Waals surface area contributed by atoms with Crippen molar-refractivity contribution in [3.8, 4) is 0 Å². The second-order valence-electron chi connectivity index (χ2n) is 13.4. The molecule has 6 N–H and O–H groups in total. The Kier molecular flexibility index (Phi) is 26.7. The number of hydrogen-bond acceptors (Lipinski definition) is 12. The van der Waals surface area contributed by atoms with E-state index in [0.717, 1.165) is 83.5 Å². The van der Waals surface area contributed by atoms with Gasteiger partial charge in [0.05, 0.1) is 6.61 Å². The monoisotopic (exact) mass is 750 g/mol. The summed E-state index contributed by atoms with van der Waals surface area (Å²) in [4.78, 5) is 35.3. The van der Waals surface area contributed by atoms with Gasteiger partial charge in [-0.2, -0.15) is 0 Å². The normalized spacial score (nSPS) is 24.2. The van der Waals surface area contributed by atoms with Crippen molar-refractivity contribution < 1.29 is 63.1 Å². The minimum Gasteiger partial charge on any atom is -0.462 e. The van der Waals surface area contributed by atoms with Gasteiger partial charge in [-0.15, -0.1) is 0 Å². The van der Waals surface area contributed by atoms with E-state index in [1.165, 1.54) is 19.3 Å². The molecule has 0 amide bonds. The Morgan fingerprint density at radius 1 is 0.608 bits per heavy atom. The molecule has 14 heteroatoms. The Morgan fingerprint density at radius 3 is 1.63 bits per heavy atom. The van der Waals surface area contributed by atoms with E-state index in [-0.39, 0.29) is 12.8 Å². The van der Waals surface area contributed by atoms with Crippen LogP contribution in [-0.2, 0) is 32.7 Å². The number of allylic oxidation sites excluding steroid dienone is 4. The molecular formula is C37H67O13P. The first kappa shape index (κ1) is 47.4. The van der Waals surface area contributed by atoms with Gasteiger partial charge >= 0.3 is 19.8 Å². The quantitative estimate of drug-likeness (QED) is 0.0225. The number of esters is 2. The van der Waals surface area contributed by atoms with Crippen LogP contribution >= 0.6 is 7.82 Å². The molecule has 8 atom stereocenters. The summed E-state index contributed by atoms with van der Waals surface area (Å²) in [5.74, 6) is -1.12. The molecule has 13 nitrogen and oxygen atoms in total. The number of rotatable bonds is 30. The fourth-order valence-electron chi connectivity index (χ4n) is 5.61. The molecule has 1 aliphatic rings. The van der Waals surface area contributed by atoms with Gasteiger partial charge in [0, 0.05) is 12.8 Å². The van der Waals surface area contributed by atoms with Gasteiger partial charge in [0.25, 0.3) is 0 Å². The molecule has 0 aromatic heterocycles. The predicted molar refractivity (Wildman–Crippen MR) is 193 cm³/mol. The van der Waals surface area contributed by atoms with Gasteiger partial charge in [-0.3, -0.25) is 18.6 Å². The number of unbranched alkanes of at least 4 members (excludes halogenated alkanes) is 14. The van der Waals surface area contributed by atoms with Gasteiger partial charge in [-0.25, -0.2) is 4.57 Å². The summed E-state index contributed by atoms with van der Waals surface area (Å²) >= 11 is 0. The maximum atomic E-state index is 12.7. The Labute approximate surface area is 305 Å². The van der Waals surface area contributed by atoms with E-state index in [1.807, 2.05) is 0 Å². The molecule has 0 saturated heterocycles. The standard InChI is InChI=1S/C37H67O13P/c1-3-5-7-9-11-12-13-14-15-16-17-18-20-21-23-25-30(38)47-27-29(49-31(39)26-24-22-19-10-8-6-4-2)28-48-51(45,46)50-37-35(43)33(41)32(40)34(42)36(37)44/h11-12,14-15,29,32-37,40-44H,3-10,13,16-28H2,1-2H3,(H,45,46)/b12-11+,15-14+/t29-,32?,33-,34?,35?,36?,37?/m0/s1. The van der Waals surface area contributed by atoms with E-state index in [2.05, 4.69) is 38.2 Å². The molecule has 0 bridgehead atoms. The molecule has 0 radical (unpaired) electrons. The first-order chi connectivity index (χ1) is 24.4. The highest BCUT2D eigenvalue weighted by Crippen LogP contribution is 2.47. The summed E-state index contributed by atoms with van der Waals surface area (Å²) in [5, 5.41) is 49.8. The highest BCUT2D eigenvalue weighted by molar-refractivity contribution is 7.47. The SMILES string of the molecule is CCCCC/C=C/C/C=C/CCCCCCCC(=O)OC[C@@H](COP(=O)(O)OC1C(O)C(O)C(O)[C@H](O)C1O)OC(=O)CCCCCCCCC. The Bertz CT molecular complexity index is 1010. The molecule has 298 valence electrons. The average molecular weight is 751 g/mol. The molecule has 1 fully saturated rings. The van der Waals surface area contributed by atoms with Crippen molar-refractivity contribution in [1.82, 2.24) is 0 Å². The molecule has 0 aliphatic heterocycles. The van der Waals surface area contributed by atoms with Crippen LogP contribution in [0, 0.1) is 0 Å². The van der Waals surface area contributed by atoms with E-state index in [1.54, 1.807) is 0 Å². The minimum absolute atomic E-state index is 0.0933. The zero-order valence-electron chi connectivity index (χ0n) is 30.9. The van der Waals surface area contributed by atoms with Gasteiger partial charge in [0.1, 0.15) is 43.2 Å². The van der Waals surface area contributed by atoms with Crippen molar-refractivity contribution >= 4 is 19.8 Å². The van der Waals surface area contributed by atoms with Crippen LogP contribution in [0.5, 0.6) is 0 Å². The van der Waals surface area contributed by atoms with Crippen LogP contribution in [0.15, 0.2) is 24.3 Å². The number of aliphatic hydroxyl groups excluding tert-OH is 5. The third-order valence-corrected chi connectivity index (χ3v) is 9.78. The number of hydrogen-bond donors (Lipinski definition) is 6. The van der Waals surface area contributed by atoms with Crippen LogP contribution in [0.1, 0.15) is 142 Å². The van der Waals surface area contributed by atoms with Gasteiger partial charge < -0.3 is 39.9 Å². The average Bonchev–Trinajstić information content (AvgIpc) is 3.10. The Hall–Kier alpha value is -1.67. The van der Waals surface area contributed by atoms with E-state index < -0.39 is 75.7 Å². The molecule has 51 heavy (non-hydrogen) atoms. The van der Waals surface area contributed by atoms with Crippen LogP contribution in [0.3, 0.4) is 0 Å². The lowest BCUT2D eigenvalue weighted by molar-refractivity contribution is -0.220. The van der Waals surface area contributed by atoms with Crippen LogP contribution in [0.25, 0.3) is 0 Å². The molecule has 1 aliphatic carbocycles. The lowest BCUT2D eigenvalue weighted by Crippen LogP contribution is -2.64. The molecule has 1 saturated carbocycles.